The average molecular weight is 398 g/mol. The fourth-order valence-electron chi connectivity index (χ4n) is 2.30. The van der Waals surface area contributed by atoms with Crippen LogP contribution in [0.3, 0.4) is 0 Å². The summed E-state index contributed by atoms with van der Waals surface area (Å²) in [6.07, 6.45) is 0. The summed E-state index contributed by atoms with van der Waals surface area (Å²) >= 11 is 0. The first-order valence-corrected chi connectivity index (χ1v) is 9.64. The van der Waals surface area contributed by atoms with Crippen LogP contribution in [-0.2, 0) is 14.8 Å². The van der Waals surface area contributed by atoms with Crippen molar-refractivity contribution in [3.05, 3.63) is 53.6 Å². The molecule has 1 amide bonds. The number of ether oxygens (including phenoxy) is 1. The van der Waals surface area contributed by atoms with Gasteiger partial charge in [0.2, 0.25) is 15.9 Å². The fourth-order valence-corrected chi connectivity index (χ4v) is 3.58. The van der Waals surface area contributed by atoms with Gasteiger partial charge in [-0.1, -0.05) is 0 Å². The first-order valence-electron chi connectivity index (χ1n) is 8.15. The number of nitrogens with one attached hydrogen (secondary N) is 2. The zero-order valence-corrected chi connectivity index (χ0v) is 15.9. The van der Waals surface area contributed by atoms with Crippen molar-refractivity contribution in [3.8, 4) is 5.75 Å². The Kier molecular flexibility index (Phi) is 6.50. The van der Waals surface area contributed by atoms with Crippen molar-refractivity contribution in [1.29, 1.82) is 0 Å². The highest BCUT2D eigenvalue weighted by molar-refractivity contribution is 7.89. The van der Waals surface area contributed by atoms with E-state index in [1.807, 2.05) is 6.92 Å². The van der Waals surface area contributed by atoms with E-state index in [-0.39, 0.29) is 10.6 Å². The molecule has 0 bridgehead atoms. The standard InChI is InChI=1S/C18H20F2N2O4S/c1-4-26-17-8-6-14(9-11(17)2)27(24,25)22-12(3)18(23)21-16-10-13(19)5-7-15(16)20/h5-10,12,22H,4H2,1-3H3,(H,21,23)/t12-/m0/s1. The maximum Gasteiger partial charge on any atom is 0.242 e. The number of hydrogen-bond acceptors (Lipinski definition) is 4. The normalized spacial score (nSPS) is 12.5. The molecule has 0 radical (unpaired) electrons. The van der Waals surface area contributed by atoms with Gasteiger partial charge in [0.25, 0.3) is 0 Å². The monoisotopic (exact) mass is 398 g/mol. The van der Waals surface area contributed by atoms with E-state index in [0.29, 0.717) is 17.9 Å². The van der Waals surface area contributed by atoms with Crippen molar-refractivity contribution < 1.29 is 26.7 Å². The molecule has 0 spiro atoms. The minimum atomic E-state index is -4.00. The number of carbonyl (C=O) groups is 1. The molecule has 0 unspecified atom stereocenters. The highest BCUT2D eigenvalue weighted by Crippen LogP contribution is 2.22. The Hall–Kier alpha value is -2.52. The maximum absolute atomic E-state index is 13.6. The van der Waals surface area contributed by atoms with Crippen LogP contribution in [0.25, 0.3) is 0 Å². The molecule has 0 aliphatic rings. The second-order valence-electron chi connectivity index (χ2n) is 5.82. The van der Waals surface area contributed by atoms with Gasteiger partial charge in [-0.3, -0.25) is 4.79 Å². The summed E-state index contributed by atoms with van der Waals surface area (Å²) in [5.74, 6) is -1.83. The zero-order valence-electron chi connectivity index (χ0n) is 15.0. The Labute approximate surface area is 156 Å². The summed E-state index contributed by atoms with van der Waals surface area (Å²) in [6, 6.07) is 5.67. The Balaban J connectivity index is 2.13. The molecular formula is C18H20F2N2O4S. The number of benzene rings is 2. The second kappa shape index (κ2) is 8.45. The Morgan fingerprint density at radius 2 is 1.89 bits per heavy atom. The van der Waals surface area contributed by atoms with Gasteiger partial charge in [0.05, 0.1) is 23.2 Å². The number of carbonyl (C=O) groups excluding carboxylic acids is 1. The van der Waals surface area contributed by atoms with E-state index in [4.69, 9.17) is 4.74 Å². The van der Waals surface area contributed by atoms with Crippen molar-refractivity contribution in [2.75, 3.05) is 11.9 Å². The number of aryl methyl sites for hydroxylation is 1. The largest absolute Gasteiger partial charge is 0.494 e. The van der Waals surface area contributed by atoms with E-state index < -0.39 is 33.6 Å². The molecule has 0 saturated heterocycles. The summed E-state index contributed by atoms with van der Waals surface area (Å²) in [4.78, 5) is 12.1. The van der Waals surface area contributed by atoms with Crippen LogP contribution in [0.2, 0.25) is 0 Å². The molecule has 1 atom stereocenters. The summed E-state index contributed by atoms with van der Waals surface area (Å²) in [5.41, 5.74) is 0.252. The SMILES string of the molecule is CCOc1ccc(S(=O)(=O)N[C@@H](C)C(=O)Nc2cc(F)ccc2F)cc1C. The summed E-state index contributed by atoms with van der Waals surface area (Å²) in [7, 11) is -4.00. The number of hydrogen-bond donors (Lipinski definition) is 2. The molecule has 146 valence electrons. The lowest BCUT2D eigenvalue weighted by Gasteiger charge is -2.16. The Bertz CT molecular complexity index is 948. The number of sulfonamides is 1. The molecule has 2 aromatic rings. The van der Waals surface area contributed by atoms with E-state index in [1.165, 1.54) is 25.1 Å². The lowest BCUT2D eigenvalue weighted by atomic mass is 10.2. The smallest absolute Gasteiger partial charge is 0.242 e. The molecule has 2 rings (SSSR count). The molecule has 2 N–H and O–H groups in total. The van der Waals surface area contributed by atoms with Gasteiger partial charge in [-0.15, -0.1) is 0 Å². The molecule has 27 heavy (non-hydrogen) atoms. The predicted octanol–water partition coefficient (Wildman–Crippen LogP) is 2.98. The van der Waals surface area contributed by atoms with Crippen LogP contribution in [0.5, 0.6) is 5.75 Å². The van der Waals surface area contributed by atoms with E-state index in [1.54, 1.807) is 6.92 Å². The maximum atomic E-state index is 13.6. The van der Waals surface area contributed by atoms with Crippen molar-refractivity contribution in [1.82, 2.24) is 4.72 Å². The molecule has 0 fully saturated rings. The molecule has 9 heteroatoms. The van der Waals surface area contributed by atoms with Crippen molar-refractivity contribution in [2.24, 2.45) is 0 Å². The van der Waals surface area contributed by atoms with Crippen molar-refractivity contribution in [2.45, 2.75) is 31.7 Å². The number of rotatable bonds is 7. The number of amides is 1. The highest BCUT2D eigenvalue weighted by atomic mass is 32.2. The molecule has 0 saturated carbocycles. The molecule has 0 aromatic heterocycles. The minimum absolute atomic E-state index is 0.0416. The van der Waals surface area contributed by atoms with Crippen LogP contribution >= 0.6 is 0 Å². The first-order chi connectivity index (χ1) is 12.6. The van der Waals surface area contributed by atoms with Crippen LogP contribution in [0.4, 0.5) is 14.5 Å². The van der Waals surface area contributed by atoms with Gasteiger partial charge < -0.3 is 10.1 Å². The number of halogens is 2. The summed E-state index contributed by atoms with van der Waals surface area (Å²) in [5, 5.41) is 2.16. The lowest BCUT2D eigenvalue weighted by molar-refractivity contribution is -0.117. The van der Waals surface area contributed by atoms with Gasteiger partial charge in [0, 0.05) is 6.07 Å². The van der Waals surface area contributed by atoms with E-state index in [2.05, 4.69) is 10.0 Å². The summed E-state index contributed by atoms with van der Waals surface area (Å²) < 4.78 is 59.3. The molecular weight excluding hydrogens is 378 g/mol. The first kappa shape index (κ1) is 20.8. The van der Waals surface area contributed by atoms with Gasteiger partial charge in [-0.2, -0.15) is 4.72 Å². The van der Waals surface area contributed by atoms with E-state index in [9.17, 15) is 22.0 Å². The van der Waals surface area contributed by atoms with Crippen LogP contribution in [-0.4, -0.2) is 27.0 Å². The van der Waals surface area contributed by atoms with Crippen LogP contribution < -0.4 is 14.8 Å². The van der Waals surface area contributed by atoms with Crippen molar-refractivity contribution in [3.63, 3.8) is 0 Å². The third-order valence-corrected chi connectivity index (χ3v) is 5.21. The molecule has 6 nitrogen and oxygen atoms in total. The lowest BCUT2D eigenvalue weighted by Crippen LogP contribution is -2.41. The van der Waals surface area contributed by atoms with Gasteiger partial charge in [0.15, 0.2) is 0 Å². The molecule has 0 aliphatic heterocycles. The molecule has 0 heterocycles. The Morgan fingerprint density at radius 1 is 1.19 bits per heavy atom. The van der Waals surface area contributed by atoms with Crippen molar-refractivity contribution >= 4 is 21.6 Å². The molecule has 0 aliphatic carbocycles. The fraction of sp³-hybridized carbons (Fsp3) is 0.278. The molecule has 2 aromatic carbocycles. The zero-order chi connectivity index (χ0) is 20.2. The number of anilines is 1. The van der Waals surface area contributed by atoms with Gasteiger partial charge >= 0.3 is 0 Å². The second-order valence-corrected chi connectivity index (χ2v) is 7.53. The highest BCUT2D eigenvalue weighted by Gasteiger charge is 2.23. The minimum Gasteiger partial charge on any atom is -0.494 e. The van der Waals surface area contributed by atoms with E-state index >= 15 is 0 Å². The average Bonchev–Trinajstić information content (AvgIpc) is 2.59. The Morgan fingerprint density at radius 3 is 2.52 bits per heavy atom. The predicted molar refractivity (Wildman–Crippen MR) is 97.1 cm³/mol. The van der Waals surface area contributed by atoms with Crippen LogP contribution in [0, 0.1) is 18.6 Å². The van der Waals surface area contributed by atoms with Gasteiger partial charge in [0.1, 0.15) is 17.4 Å². The quantitative estimate of drug-likeness (QED) is 0.751. The summed E-state index contributed by atoms with van der Waals surface area (Å²) in [6.45, 7) is 5.25. The van der Waals surface area contributed by atoms with E-state index in [0.717, 1.165) is 18.2 Å². The van der Waals surface area contributed by atoms with Crippen LogP contribution in [0.15, 0.2) is 41.3 Å². The topological polar surface area (TPSA) is 84.5 Å². The van der Waals surface area contributed by atoms with Gasteiger partial charge in [-0.25, -0.2) is 17.2 Å². The van der Waals surface area contributed by atoms with Gasteiger partial charge in [-0.05, 0) is 56.7 Å². The third-order valence-electron chi connectivity index (χ3n) is 3.67. The third kappa shape index (κ3) is 5.24. The van der Waals surface area contributed by atoms with Crippen LogP contribution in [0.1, 0.15) is 19.4 Å².